The van der Waals surface area contributed by atoms with Crippen molar-refractivity contribution in [3.8, 4) is 0 Å². The highest BCUT2D eigenvalue weighted by molar-refractivity contribution is 5.75. The molecule has 0 saturated carbocycles. The topological polar surface area (TPSA) is 43.4 Å². The van der Waals surface area contributed by atoms with Gasteiger partial charge in [-0.05, 0) is 53.4 Å². The van der Waals surface area contributed by atoms with Crippen molar-refractivity contribution in [1.82, 2.24) is 0 Å². The summed E-state index contributed by atoms with van der Waals surface area (Å²) >= 11 is 0. The maximum Gasteiger partial charge on any atom is 0.129 e. The van der Waals surface area contributed by atoms with Crippen molar-refractivity contribution in [3.05, 3.63) is 0 Å². The molecular formula is C16H30O3. The molecule has 0 aromatic rings. The summed E-state index contributed by atoms with van der Waals surface area (Å²) in [4.78, 5) is 21.6. The van der Waals surface area contributed by atoms with Gasteiger partial charge in [0.15, 0.2) is 0 Å². The number of Topliss-reactive ketones (excluding diaryl/α,β-unsaturated/α-hetero) is 2. The molecule has 0 amide bonds. The SMILES string of the molecule is CC(=O)CCCCC(C)OC(C)CCCCC(C)=O. The first-order valence-electron chi connectivity index (χ1n) is 7.56. The predicted octanol–water partition coefficient (Wildman–Crippen LogP) is 4.08. The lowest BCUT2D eigenvalue weighted by Gasteiger charge is -2.19. The van der Waals surface area contributed by atoms with Crippen molar-refractivity contribution in [2.24, 2.45) is 0 Å². The molecule has 112 valence electrons. The Balaban J connectivity index is 3.49. The minimum atomic E-state index is 0.259. The highest BCUT2D eigenvalue weighted by Crippen LogP contribution is 2.13. The molecule has 0 aliphatic rings. The second-order valence-corrected chi connectivity index (χ2v) is 5.65. The third kappa shape index (κ3) is 13.5. The normalized spacial score (nSPS) is 14.1. The molecule has 0 aromatic heterocycles. The van der Waals surface area contributed by atoms with Crippen LogP contribution in [0.1, 0.15) is 79.1 Å². The Morgan fingerprint density at radius 3 is 1.47 bits per heavy atom. The zero-order chi connectivity index (χ0) is 14.7. The van der Waals surface area contributed by atoms with Crippen molar-refractivity contribution >= 4 is 11.6 Å². The van der Waals surface area contributed by atoms with Crippen LogP contribution in [0.3, 0.4) is 0 Å². The second kappa shape index (κ2) is 11.2. The van der Waals surface area contributed by atoms with Crippen LogP contribution in [0.25, 0.3) is 0 Å². The highest BCUT2D eigenvalue weighted by Gasteiger charge is 2.08. The van der Waals surface area contributed by atoms with E-state index in [0.29, 0.717) is 12.8 Å². The number of carbonyl (C=O) groups excluding carboxylic acids is 2. The molecule has 0 N–H and O–H groups in total. The quantitative estimate of drug-likeness (QED) is 0.502. The maximum atomic E-state index is 10.8. The minimum Gasteiger partial charge on any atom is -0.376 e. The van der Waals surface area contributed by atoms with Gasteiger partial charge in [0.1, 0.15) is 11.6 Å². The van der Waals surface area contributed by atoms with Gasteiger partial charge in [0, 0.05) is 12.8 Å². The van der Waals surface area contributed by atoms with Crippen LogP contribution < -0.4 is 0 Å². The second-order valence-electron chi connectivity index (χ2n) is 5.65. The van der Waals surface area contributed by atoms with Gasteiger partial charge in [0.05, 0.1) is 12.2 Å². The Kier molecular flexibility index (Phi) is 10.7. The van der Waals surface area contributed by atoms with Crippen LogP contribution in [-0.4, -0.2) is 23.8 Å². The molecule has 0 radical (unpaired) electrons. The molecule has 0 saturated heterocycles. The van der Waals surface area contributed by atoms with Crippen LogP contribution in [-0.2, 0) is 14.3 Å². The standard InChI is InChI=1S/C16H30O3/c1-13(17)9-5-7-11-15(3)19-16(4)12-8-6-10-14(2)18/h15-16H,5-12H2,1-4H3. The van der Waals surface area contributed by atoms with E-state index in [-0.39, 0.29) is 23.8 Å². The molecule has 2 unspecified atom stereocenters. The largest absolute Gasteiger partial charge is 0.376 e. The van der Waals surface area contributed by atoms with Gasteiger partial charge < -0.3 is 14.3 Å². The van der Waals surface area contributed by atoms with Gasteiger partial charge in [-0.3, -0.25) is 0 Å². The fourth-order valence-corrected chi connectivity index (χ4v) is 2.14. The fourth-order valence-electron chi connectivity index (χ4n) is 2.14. The van der Waals surface area contributed by atoms with E-state index < -0.39 is 0 Å². The molecule has 0 heterocycles. The first-order valence-corrected chi connectivity index (χ1v) is 7.56. The van der Waals surface area contributed by atoms with E-state index in [1.807, 2.05) is 0 Å². The van der Waals surface area contributed by atoms with Gasteiger partial charge >= 0.3 is 0 Å². The van der Waals surface area contributed by atoms with E-state index in [1.165, 1.54) is 0 Å². The van der Waals surface area contributed by atoms with Crippen molar-refractivity contribution in [2.45, 2.75) is 91.3 Å². The summed E-state index contributed by atoms with van der Waals surface area (Å²) in [7, 11) is 0. The van der Waals surface area contributed by atoms with Crippen molar-refractivity contribution in [1.29, 1.82) is 0 Å². The fraction of sp³-hybridized carbons (Fsp3) is 0.875. The molecule has 3 nitrogen and oxygen atoms in total. The molecule has 0 spiro atoms. The average molecular weight is 270 g/mol. The van der Waals surface area contributed by atoms with E-state index in [2.05, 4.69) is 13.8 Å². The summed E-state index contributed by atoms with van der Waals surface area (Å²) in [6.45, 7) is 7.48. The summed E-state index contributed by atoms with van der Waals surface area (Å²) in [5.74, 6) is 0.542. The monoisotopic (exact) mass is 270 g/mol. The number of carbonyl (C=O) groups is 2. The van der Waals surface area contributed by atoms with Gasteiger partial charge in [0.2, 0.25) is 0 Å². The van der Waals surface area contributed by atoms with Crippen molar-refractivity contribution in [3.63, 3.8) is 0 Å². The number of ether oxygens (including phenoxy) is 1. The van der Waals surface area contributed by atoms with Crippen LogP contribution in [0.15, 0.2) is 0 Å². The van der Waals surface area contributed by atoms with Crippen LogP contribution in [0.2, 0.25) is 0 Å². The summed E-state index contributed by atoms with van der Waals surface area (Å²) in [5, 5.41) is 0. The first kappa shape index (κ1) is 18.3. The Bertz CT molecular complexity index is 235. The van der Waals surface area contributed by atoms with Gasteiger partial charge in [-0.15, -0.1) is 0 Å². The Morgan fingerprint density at radius 1 is 0.789 bits per heavy atom. The first-order chi connectivity index (χ1) is 8.91. The molecule has 2 atom stereocenters. The third-order valence-electron chi connectivity index (χ3n) is 3.24. The van der Waals surface area contributed by atoms with Gasteiger partial charge in [0.25, 0.3) is 0 Å². The molecule has 0 aliphatic heterocycles. The van der Waals surface area contributed by atoms with Gasteiger partial charge in [-0.2, -0.15) is 0 Å². The Hall–Kier alpha value is -0.700. The van der Waals surface area contributed by atoms with Crippen LogP contribution >= 0.6 is 0 Å². The average Bonchev–Trinajstić information content (AvgIpc) is 2.30. The van der Waals surface area contributed by atoms with Crippen LogP contribution in [0, 0.1) is 0 Å². The smallest absolute Gasteiger partial charge is 0.129 e. The molecule has 3 heteroatoms. The Morgan fingerprint density at radius 2 is 1.16 bits per heavy atom. The van der Waals surface area contributed by atoms with E-state index in [9.17, 15) is 9.59 Å². The third-order valence-corrected chi connectivity index (χ3v) is 3.24. The van der Waals surface area contributed by atoms with Gasteiger partial charge in [-0.25, -0.2) is 0 Å². The van der Waals surface area contributed by atoms with E-state index in [4.69, 9.17) is 4.74 Å². The molecule has 0 aromatic carbocycles. The number of ketones is 2. The lowest BCUT2D eigenvalue weighted by molar-refractivity contribution is -0.117. The number of rotatable bonds is 12. The molecule has 0 rings (SSSR count). The van der Waals surface area contributed by atoms with E-state index in [0.717, 1.165) is 38.5 Å². The molecule has 0 aliphatic carbocycles. The van der Waals surface area contributed by atoms with E-state index in [1.54, 1.807) is 13.8 Å². The van der Waals surface area contributed by atoms with E-state index >= 15 is 0 Å². The minimum absolute atomic E-state index is 0.259. The molecule has 0 bridgehead atoms. The summed E-state index contributed by atoms with van der Waals surface area (Å²) in [6, 6.07) is 0. The zero-order valence-electron chi connectivity index (χ0n) is 13.0. The highest BCUT2D eigenvalue weighted by atomic mass is 16.5. The molecule has 19 heavy (non-hydrogen) atoms. The summed E-state index contributed by atoms with van der Waals surface area (Å²) in [6.07, 6.45) is 7.97. The Labute approximate surface area is 118 Å². The van der Waals surface area contributed by atoms with Crippen molar-refractivity contribution < 1.29 is 14.3 Å². The maximum absolute atomic E-state index is 10.8. The summed E-state index contributed by atoms with van der Waals surface area (Å²) < 4.78 is 5.89. The van der Waals surface area contributed by atoms with Gasteiger partial charge in [-0.1, -0.05) is 12.8 Å². The number of hydrogen-bond acceptors (Lipinski definition) is 3. The van der Waals surface area contributed by atoms with Crippen molar-refractivity contribution in [2.75, 3.05) is 0 Å². The molecule has 0 fully saturated rings. The van der Waals surface area contributed by atoms with Crippen LogP contribution in [0.4, 0.5) is 0 Å². The lowest BCUT2D eigenvalue weighted by Crippen LogP contribution is -2.17. The van der Waals surface area contributed by atoms with Crippen LogP contribution in [0.5, 0.6) is 0 Å². The lowest BCUT2D eigenvalue weighted by atomic mass is 10.1. The molecular weight excluding hydrogens is 240 g/mol. The number of hydrogen-bond donors (Lipinski definition) is 0. The predicted molar refractivity (Wildman–Crippen MR) is 78.3 cm³/mol. The summed E-state index contributed by atoms with van der Waals surface area (Å²) in [5.41, 5.74) is 0. The zero-order valence-corrected chi connectivity index (χ0v) is 13.0. The number of unbranched alkanes of at least 4 members (excludes halogenated alkanes) is 2.